The fourth-order valence-electron chi connectivity index (χ4n) is 1.69. The maximum Gasteiger partial charge on any atom is -0.00675 e. The van der Waals surface area contributed by atoms with E-state index in [0.717, 1.165) is 0 Å². The zero-order valence-corrected chi connectivity index (χ0v) is 11.7. The summed E-state index contributed by atoms with van der Waals surface area (Å²) < 4.78 is 0. The van der Waals surface area contributed by atoms with Crippen molar-refractivity contribution in [1.29, 1.82) is 0 Å². The van der Waals surface area contributed by atoms with Crippen molar-refractivity contribution < 1.29 is 0 Å². The van der Waals surface area contributed by atoms with Gasteiger partial charge in [-0.15, -0.1) is 0 Å². The van der Waals surface area contributed by atoms with Crippen molar-refractivity contribution in [2.45, 2.75) is 78.1 Å². The molecule has 0 aliphatic rings. The molecule has 0 aromatic rings. The van der Waals surface area contributed by atoms with Crippen LogP contribution in [0.5, 0.6) is 0 Å². The summed E-state index contributed by atoms with van der Waals surface area (Å²) in [5.74, 6) is 2.78. The maximum atomic E-state index is 2.29. The molecule has 0 aromatic heterocycles. The second-order valence-electron chi connectivity index (χ2n) is 4.44. The molecule has 0 amide bonds. The number of hydrogen-bond donors (Lipinski definition) is 0. The molecule has 15 heavy (non-hydrogen) atoms. The first-order chi connectivity index (χ1) is 7.41. The molecule has 0 fully saturated rings. The Morgan fingerprint density at radius 1 is 0.533 bits per heavy atom. The lowest BCUT2D eigenvalue weighted by molar-refractivity contribution is 0.586. The van der Waals surface area contributed by atoms with Gasteiger partial charge in [-0.25, -0.2) is 0 Å². The molecule has 0 saturated heterocycles. The first kappa shape index (κ1) is 15.3. The van der Waals surface area contributed by atoms with Crippen LogP contribution in [0, 0.1) is 0 Å². The summed E-state index contributed by atoms with van der Waals surface area (Å²) in [5, 5.41) is 0. The largest absolute Gasteiger partial charge is 0.162 e. The molecule has 0 heterocycles. The third kappa shape index (κ3) is 14.4. The zero-order chi connectivity index (χ0) is 11.2. The van der Waals surface area contributed by atoms with Gasteiger partial charge in [0.15, 0.2) is 0 Å². The van der Waals surface area contributed by atoms with Crippen LogP contribution in [0.4, 0.5) is 0 Å². The van der Waals surface area contributed by atoms with E-state index in [-0.39, 0.29) is 0 Å². The maximum absolute atomic E-state index is 2.29. The van der Waals surface area contributed by atoms with Gasteiger partial charge in [0.25, 0.3) is 0 Å². The molecule has 0 bridgehead atoms. The Balaban J connectivity index is 2.81. The molecular weight excluding hydrogens is 200 g/mol. The fourth-order valence-corrected chi connectivity index (χ4v) is 2.79. The van der Waals surface area contributed by atoms with Gasteiger partial charge in [-0.2, -0.15) is 11.8 Å². The molecule has 0 nitrogen and oxygen atoms in total. The number of hydrogen-bond acceptors (Lipinski definition) is 1. The van der Waals surface area contributed by atoms with Gasteiger partial charge in [0, 0.05) is 0 Å². The highest BCUT2D eigenvalue weighted by Crippen LogP contribution is 2.12. The van der Waals surface area contributed by atoms with Gasteiger partial charge < -0.3 is 0 Å². The van der Waals surface area contributed by atoms with E-state index in [2.05, 4.69) is 25.6 Å². The molecule has 0 unspecified atom stereocenters. The number of rotatable bonds is 12. The van der Waals surface area contributed by atoms with E-state index >= 15 is 0 Å². The van der Waals surface area contributed by atoms with Gasteiger partial charge in [0.1, 0.15) is 0 Å². The van der Waals surface area contributed by atoms with Gasteiger partial charge >= 0.3 is 0 Å². The fraction of sp³-hybridized carbons (Fsp3) is 1.00. The van der Waals surface area contributed by atoms with E-state index in [0.29, 0.717) is 0 Å². The van der Waals surface area contributed by atoms with Crippen LogP contribution in [0.1, 0.15) is 78.1 Å². The van der Waals surface area contributed by atoms with Crippen LogP contribution in [0.3, 0.4) is 0 Å². The van der Waals surface area contributed by atoms with Crippen molar-refractivity contribution in [3.05, 3.63) is 0 Å². The minimum absolute atomic E-state index is 1.35. The highest BCUT2D eigenvalue weighted by molar-refractivity contribution is 7.99. The van der Waals surface area contributed by atoms with Crippen molar-refractivity contribution >= 4 is 11.8 Å². The van der Waals surface area contributed by atoms with Crippen LogP contribution in [0.25, 0.3) is 0 Å². The second-order valence-corrected chi connectivity index (χ2v) is 5.67. The Hall–Kier alpha value is 0.350. The quantitative estimate of drug-likeness (QED) is 0.390. The van der Waals surface area contributed by atoms with Gasteiger partial charge in [-0.1, -0.05) is 65.2 Å². The lowest BCUT2D eigenvalue weighted by Crippen LogP contribution is -1.85. The van der Waals surface area contributed by atoms with Gasteiger partial charge in [0.2, 0.25) is 0 Å². The summed E-state index contributed by atoms with van der Waals surface area (Å²) in [5.41, 5.74) is 0. The van der Waals surface area contributed by atoms with Gasteiger partial charge in [0.05, 0.1) is 0 Å². The van der Waals surface area contributed by atoms with E-state index in [1.807, 2.05) is 0 Å². The van der Waals surface area contributed by atoms with Crippen LogP contribution in [0.15, 0.2) is 0 Å². The topological polar surface area (TPSA) is 0 Å². The predicted molar refractivity (Wildman–Crippen MR) is 74.8 cm³/mol. The van der Waals surface area contributed by atoms with E-state index < -0.39 is 0 Å². The van der Waals surface area contributed by atoms with Crippen LogP contribution in [-0.2, 0) is 0 Å². The first-order valence-electron chi connectivity index (χ1n) is 6.99. The van der Waals surface area contributed by atoms with E-state index in [1.165, 1.54) is 75.7 Å². The Kier molecular flexibility index (Phi) is 14.7. The third-order valence-corrected chi connectivity index (χ3v) is 3.94. The Labute approximate surface area is 102 Å². The molecule has 0 aliphatic carbocycles. The van der Waals surface area contributed by atoms with E-state index in [9.17, 15) is 0 Å². The minimum atomic E-state index is 1.35. The highest BCUT2D eigenvalue weighted by atomic mass is 32.2. The first-order valence-corrected chi connectivity index (χ1v) is 8.15. The van der Waals surface area contributed by atoms with Crippen molar-refractivity contribution in [1.82, 2.24) is 0 Å². The number of unbranched alkanes of at least 4 members (excludes halogenated alkanes) is 8. The summed E-state index contributed by atoms with van der Waals surface area (Å²) in [6, 6.07) is 0. The monoisotopic (exact) mass is 230 g/mol. The van der Waals surface area contributed by atoms with Crippen molar-refractivity contribution in [2.24, 2.45) is 0 Å². The van der Waals surface area contributed by atoms with E-state index in [4.69, 9.17) is 0 Å². The van der Waals surface area contributed by atoms with Crippen molar-refractivity contribution in [3.63, 3.8) is 0 Å². The molecule has 0 aliphatic heterocycles. The molecule has 0 saturated carbocycles. The molecule has 92 valence electrons. The molecule has 0 spiro atoms. The van der Waals surface area contributed by atoms with Crippen LogP contribution < -0.4 is 0 Å². The van der Waals surface area contributed by atoms with Gasteiger partial charge in [-0.05, 0) is 24.3 Å². The molecule has 0 radical (unpaired) electrons. The number of thioether (sulfide) groups is 1. The molecule has 0 rings (SSSR count). The lowest BCUT2D eigenvalue weighted by atomic mass is 10.1. The summed E-state index contributed by atoms with van der Waals surface area (Å²) in [7, 11) is 0. The zero-order valence-electron chi connectivity index (χ0n) is 10.9. The third-order valence-electron chi connectivity index (χ3n) is 2.78. The minimum Gasteiger partial charge on any atom is -0.162 e. The lowest BCUT2D eigenvalue weighted by Gasteiger charge is -2.01. The van der Waals surface area contributed by atoms with Crippen molar-refractivity contribution in [2.75, 3.05) is 11.5 Å². The summed E-state index contributed by atoms with van der Waals surface area (Å²) in [6.45, 7) is 4.56. The average Bonchev–Trinajstić information content (AvgIpc) is 2.26. The molecule has 1 heteroatoms. The van der Waals surface area contributed by atoms with Crippen LogP contribution in [0.2, 0.25) is 0 Å². The molecule has 0 atom stereocenters. The Morgan fingerprint density at radius 3 is 1.60 bits per heavy atom. The van der Waals surface area contributed by atoms with Crippen molar-refractivity contribution in [3.8, 4) is 0 Å². The molecular formula is C14H30S. The second kappa shape index (κ2) is 14.3. The van der Waals surface area contributed by atoms with Crippen LogP contribution >= 0.6 is 11.8 Å². The average molecular weight is 230 g/mol. The predicted octanol–water partition coefficient (Wildman–Crippen LogP) is 5.66. The summed E-state index contributed by atoms with van der Waals surface area (Å²) in [4.78, 5) is 0. The molecule has 0 aromatic carbocycles. The standard InChI is InChI=1S/C14H30S/c1-3-5-7-8-9-10-11-12-14-15-13-6-4-2/h3-14H2,1-2H3. The Morgan fingerprint density at radius 2 is 1.00 bits per heavy atom. The summed E-state index contributed by atoms with van der Waals surface area (Å²) in [6.07, 6.45) is 14.3. The molecule has 0 N–H and O–H groups in total. The SMILES string of the molecule is CCCCCCCCCCSCCCC. The smallest absolute Gasteiger partial charge is 0.00675 e. The summed E-state index contributed by atoms with van der Waals surface area (Å²) >= 11 is 2.15. The van der Waals surface area contributed by atoms with E-state index in [1.54, 1.807) is 0 Å². The normalized spacial score (nSPS) is 10.8. The Bertz CT molecular complexity index is 89.5. The van der Waals surface area contributed by atoms with Gasteiger partial charge in [-0.3, -0.25) is 0 Å². The van der Waals surface area contributed by atoms with Crippen LogP contribution in [-0.4, -0.2) is 11.5 Å². The highest BCUT2D eigenvalue weighted by Gasteiger charge is 1.92.